The second-order valence-electron chi connectivity index (χ2n) is 9.88. The molecule has 1 aliphatic heterocycles. The molecule has 0 aromatic carbocycles. The molecule has 1 saturated heterocycles. The molecule has 2 atom stereocenters. The Morgan fingerprint density at radius 2 is 2.00 bits per heavy atom. The molecule has 3 aromatic heterocycles. The minimum Gasteiger partial charge on any atom is -0.388 e. The second-order valence-corrected chi connectivity index (χ2v) is 9.88. The standard InChI is InChI=1S/C26H34N8O2/c1-17(29-26(36)22-14-25(35)34-12-10-19(27-2)13-24(34)30-22)21-8-9-23(32-31-21)33-11-4-7-20(16-33)28-15-18-5-3-6-18/h8-10,12-14,17-18,20,27-28H,3-7,11,15-16H2,1-2H3,(H,29,36)/t17?,20-/m1/s1. The van der Waals surface area contributed by atoms with Crippen LogP contribution in [0.4, 0.5) is 11.5 Å². The van der Waals surface area contributed by atoms with Gasteiger partial charge in [-0.25, -0.2) is 4.98 Å². The van der Waals surface area contributed by atoms with Crippen molar-refractivity contribution >= 4 is 23.1 Å². The largest absolute Gasteiger partial charge is 0.388 e. The Morgan fingerprint density at radius 3 is 2.72 bits per heavy atom. The number of anilines is 2. The molecule has 5 rings (SSSR count). The lowest BCUT2D eigenvalue weighted by molar-refractivity contribution is 0.0934. The Hall–Kier alpha value is -3.53. The zero-order valence-corrected chi connectivity index (χ0v) is 20.9. The van der Waals surface area contributed by atoms with Crippen LogP contribution in [0, 0.1) is 5.92 Å². The normalized spacial score (nSPS) is 19.1. The lowest BCUT2D eigenvalue weighted by Crippen LogP contribution is -2.47. The molecule has 0 spiro atoms. The second kappa shape index (κ2) is 10.6. The van der Waals surface area contributed by atoms with Crippen LogP contribution in [0.25, 0.3) is 5.65 Å². The molecular formula is C26H34N8O2. The van der Waals surface area contributed by atoms with Gasteiger partial charge < -0.3 is 20.9 Å². The summed E-state index contributed by atoms with van der Waals surface area (Å²) in [4.78, 5) is 32.0. The third kappa shape index (κ3) is 5.33. The Balaban J connectivity index is 1.21. The van der Waals surface area contributed by atoms with E-state index >= 15 is 0 Å². The van der Waals surface area contributed by atoms with Gasteiger partial charge in [0.15, 0.2) is 5.82 Å². The molecule has 1 unspecified atom stereocenters. The minimum absolute atomic E-state index is 0.0680. The van der Waals surface area contributed by atoms with Gasteiger partial charge in [0.25, 0.3) is 11.5 Å². The molecule has 2 aliphatic rings. The number of nitrogens with zero attached hydrogens (tertiary/aromatic N) is 5. The van der Waals surface area contributed by atoms with Crippen LogP contribution in [0.3, 0.4) is 0 Å². The summed E-state index contributed by atoms with van der Waals surface area (Å²) >= 11 is 0. The van der Waals surface area contributed by atoms with E-state index in [0.717, 1.165) is 43.5 Å². The highest BCUT2D eigenvalue weighted by Crippen LogP contribution is 2.26. The Labute approximate surface area is 210 Å². The van der Waals surface area contributed by atoms with Crippen molar-refractivity contribution < 1.29 is 4.79 Å². The smallest absolute Gasteiger partial charge is 0.270 e. The molecule has 1 amide bonds. The summed E-state index contributed by atoms with van der Waals surface area (Å²) in [5, 5.41) is 18.5. The number of pyridine rings is 1. The van der Waals surface area contributed by atoms with Crippen molar-refractivity contribution in [3.63, 3.8) is 0 Å². The molecule has 10 heteroatoms. The third-order valence-electron chi connectivity index (χ3n) is 7.32. The number of nitrogens with one attached hydrogen (secondary N) is 3. The summed E-state index contributed by atoms with van der Waals surface area (Å²) in [5.74, 6) is 1.28. The lowest BCUT2D eigenvalue weighted by Gasteiger charge is -2.35. The molecule has 3 aromatic rings. The first-order valence-corrected chi connectivity index (χ1v) is 12.8. The monoisotopic (exact) mass is 490 g/mol. The van der Waals surface area contributed by atoms with E-state index in [2.05, 4.69) is 36.0 Å². The van der Waals surface area contributed by atoms with Crippen LogP contribution in [-0.2, 0) is 0 Å². The van der Waals surface area contributed by atoms with Crippen molar-refractivity contribution in [1.82, 2.24) is 30.2 Å². The summed E-state index contributed by atoms with van der Waals surface area (Å²) in [5.41, 5.74) is 1.61. The fourth-order valence-corrected chi connectivity index (χ4v) is 4.84. The van der Waals surface area contributed by atoms with Crippen LogP contribution in [0.2, 0.25) is 0 Å². The highest BCUT2D eigenvalue weighted by atomic mass is 16.2. The topological polar surface area (TPSA) is 117 Å². The van der Waals surface area contributed by atoms with E-state index in [9.17, 15) is 9.59 Å². The first-order chi connectivity index (χ1) is 17.5. The summed E-state index contributed by atoms with van der Waals surface area (Å²) < 4.78 is 1.40. The predicted octanol–water partition coefficient (Wildman–Crippen LogP) is 2.38. The lowest BCUT2D eigenvalue weighted by atomic mass is 9.85. The van der Waals surface area contributed by atoms with Gasteiger partial charge in [-0.3, -0.25) is 14.0 Å². The number of aromatic nitrogens is 4. The number of piperidine rings is 1. The number of amides is 1. The van der Waals surface area contributed by atoms with E-state index in [1.54, 1.807) is 25.4 Å². The van der Waals surface area contributed by atoms with Crippen LogP contribution in [0.5, 0.6) is 0 Å². The van der Waals surface area contributed by atoms with Crippen LogP contribution in [-0.4, -0.2) is 58.2 Å². The maximum atomic E-state index is 12.9. The highest BCUT2D eigenvalue weighted by molar-refractivity contribution is 5.92. The van der Waals surface area contributed by atoms with Gasteiger partial charge >= 0.3 is 0 Å². The molecule has 4 heterocycles. The van der Waals surface area contributed by atoms with Crippen molar-refractivity contribution in [2.24, 2.45) is 5.92 Å². The highest BCUT2D eigenvalue weighted by Gasteiger charge is 2.24. The van der Waals surface area contributed by atoms with Crippen molar-refractivity contribution in [3.05, 3.63) is 58.3 Å². The van der Waals surface area contributed by atoms with Crippen molar-refractivity contribution in [2.45, 2.75) is 51.1 Å². The van der Waals surface area contributed by atoms with Gasteiger partial charge in [0.1, 0.15) is 11.3 Å². The van der Waals surface area contributed by atoms with Gasteiger partial charge in [-0.15, -0.1) is 5.10 Å². The molecule has 10 nitrogen and oxygen atoms in total. The first-order valence-electron chi connectivity index (χ1n) is 12.8. The Kier molecular flexibility index (Phi) is 7.13. The fraction of sp³-hybridized carbons (Fsp3) is 0.500. The maximum Gasteiger partial charge on any atom is 0.270 e. The summed E-state index contributed by atoms with van der Waals surface area (Å²) in [7, 11) is 1.78. The van der Waals surface area contributed by atoms with E-state index in [1.165, 1.54) is 36.2 Å². The minimum atomic E-state index is -0.431. The summed E-state index contributed by atoms with van der Waals surface area (Å²) in [6.07, 6.45) is 8.05. The zero-order chi connectivity index (χ0) is 25.1. The van der Waals surface area contributed by atoms with Gasteiger partial charge in [0.2, 0.25) is 0 Å². The first kappa shape index (κ1) is 24.2. The number of hydrogen-bond acceptors (Lipinski definition) is 8. The fourth-order valence-electron chi connectivity index (χ4n) is 4.84. The van der Waals surface area contributed by atoms with Gasteiger partial charge in [-0.2, -0.15) is 5.10 Å². The van der Waals surface area contributed by atoms with E-state index in [-0.39, 0.29) is 17.3 Å². The van der Waals surface area contributed by atoms with Gasteiger partial charge in [-0.1, -0.05) is 6.42 Å². The quantitative estimate of drug-likeness (QED) is 0.441. The van der Waals surface area contributed by atoms with E-state index in [1.807, 2.05) is 19.1 Å². The summed E-state index contributed by atoms with van der Waals surface area (Å²) in [6.45, 7) is 4.87. The van der Waals surface area contributed by atoms with Crippen molar-refractivity contribution in [2.75, 3.05) is 36.9 Å². The third-order valence-corrected chi connectivity index (χ3v) is 7.32. The number of fused-ring (bicyclic) bond motifs is 1. The van der Waals surface area contributed by atoms with Gasteiger partial charge in [-0.05, 0) is 63.3 Å². The van der Waals surface area contributed by atoms with E-state index < -0.39 is 5.91 Å². The average molecular weight is 491 g/mol. The van der Waals surface area contributed by atoms with Crippen molar-refractivity contribution in [3.8, 4) is 0 Å². The molecule has 0 radical (unpaired) electrons. The Bertz CT molecular complexity index is 1270. The van der Waals surface area contributed by atoms with Crippen LogP contribution in [0.1, 0.15) is 61.3 Å². The molecule has 190 valence electrons. The zero-order valence-electron chi connectivity index (χ0n) is 20.9. The summed E-state index contributed by atoms with van der Waals surface area (Å²) in [6, 6.07) is 8.72. The molecule has 36 heavy (non-hydrogen) atoms. The van der Waals surface area contributed by atoms with Gasteiger partial charge in [0, 0.05) is 50.2 Å². The molecular weight excluding hydrogens is 456 g/mol. The van der Waals surface area contributed by atoms with Crippen LogP contribution < -0.4 is 26.4 Å². The molecule has 1 saturated carbocycles. The molecule has 1 aliphatic carbocycles. The number of rotatable bonds is 8. The van der Waals surface area contributed by atoms with Crippen molar-refractivity contribution in [1.29, 1.82) is 0 Å². The number of hydrogen-bond donors (Lipinski definition) is 3. The Morgan fingerprint density at radius 1 is 1.14 bits per heavy atom. The predicted molar refractivity (Wildman–Crippen MR) is 140 cm³/mol. The average Bonchev–Trinajstić information content (AvgIpc) is 2.87. The maximum absolute atomic E-state index is 12.9. The van der Waals surface area contributed by atoms with Crippen LogP contribution in [0.15, 0.2) is 41.3 Å². The molecule has 0 bridgehead atoms. The van der Waals surface area contributed by atoms with Gasteiger partial charge in [0.05, 0.1) is 11.7 Å². The molecule has 3 N–H and O–H groups in total. The van der Waals surface area contributed by atoms with E-state index in [4.69, 9.17) is 0 Å². The van der Waals surface area contributed by atoms with E-state index in [0.29, 0.717) is 17.4 Å². The SMILES string of the molecule is CNc1ccn2c(=O)cc(C(=O)NC(C)c3ccc(N4CCC[C@@H](NCC5CCC5)C4)nn3)nc2c1. The molecule has 2 fully saturated rings. The number of carbonyl (C=O) groups is 1. The van der Waals surface area contributed by atoms with Crippen LogP contribution >= 0.6 is 0 Å². The number of carbonyl (C=O) groups excluding carboxylic acids is 1.